The van der Waals surface area contributed by atoms with Gasteiger partial charge in [-0.05, 0) is 32.4 Å². The molecular formula is C13H16N4O2. The van der Waals surface area contributed by atoms with E-state index in [0.29, 0.717) is 24.7 Å². The third-order valence-corrected chi connectivity index (χ3v) is 3.19. The number of aliphatic hydroxyl groups is 1. The maximum atomic E-state index is 9.50. The fourth-order valence-corrected chi connectivity index (χ4v) is 2.36. The van der Waals surface area contributed by atoms with E-state index in [2.05, 4.69) is 20.4 Å². The van der Waals surface area contributed by atoms with Crippen LogP contribution in [0.1, 0.15) is 29.7 Å². The lowest BCUT2D eigenvalue weighted by Gasteiger charge is -2.02. The Kier molecular flexibility index (Phi) is 3.04. The van der Waals surface area contributed by atoms with Crippen LogP contribution in [0, 0.1) is 13.8 Å². The van der Waals surface area contributed by atoms with Crippen LogP contribution in [-0.4, -0.2) is 32.9 Å². The number of nitrogens with one attached hydrogen (secondary N) is 1. The predicted molar refractivity (Wildman–Crippen MR) is 68.4 cm³/mol. The van der Waals surface area contributed by atoms with Crippen molar-refractivity contribution in [1.82, 2.24) is 20.4 Å². The van der Waals surface area contributed by atoms with E-state index in [9.17, 15) is 5.11 Å². The molecule has 2 aromatic heterocycles. The predicted octanol–water partition coefficient (Wildman–Crippen LogP) is 1.14. The molecule has 19 heavy (non-hydrogen) atoms. The first-order valence-electron chi connectivity index (χ1n) is 6.32. The zero-order valence-corrected chi connectivity index (χ0v) is 10.9. The van der Waals surface area contributed by atoms with Crippen LogP contribution >= 0.6 is 0 Å². The molecule has 0 bridgehead atoms. The van der Waals surface area contributed by atoms with Crippen molar-refractivity contribution >= 4 is 0 Å². The molecule has 1 saturated heterocycles. The Bertz CT molecular complexity index is 576. The molecule has 0 amide bonds. The van der Waals surface area contributed by atoms with Crippen LogP contribution in [0.15, 0.2) is 16.7 Å². The van der Waals surface area contributed by atoms with Crippen LogP contribution in [0.5, 0.6) is 0 Å². The summed E-state index contributed by atoms with van der Waals surface area (Å²) < 4.78 is 5.28. The van der Waals surface area contributed by atoms with Gasteiger partial charge < -0.3 is 14.9 Å². The third-order valence-electron chi connectivity index (χ3n) is 3.19. The second-order valence-corrected chi connectivity index (χ2v) is 4.95. The summed E-state index contributed by atoms with van der Waals surface area (Å²) in [7, 11) is 0. The van der Waals surface area contributed by atoms with E-state index >= 15 is 0 Å². The van der Waals surface area contributed by atoms with E-state index in [1.165, 1.54) is 0 Å². The molecule has 2 atom stereocenters. The van der Waals surface area contributed by atoms with E-state index in [0.717, 1.165) is 17.0 Å². The highest BCUT2D eigenvalue weighted by molar-refractivity contribution is 5.55. The quantitative estimate of drug-likeness (QED) is 0.842. The smallest absolute Gasteiger partial charge is 0.244 e. The molecule has 1 fully saturated rings. The Balaban J connectivity index is 1.88. The van der Waals surface area contributed by atoms with E-state index in [4.69, 9.17) is 4.52 Å². The zero-order chi connectivity index (χ0) is 13.4. The molecule has 0 aliphatic carbocycles. The average Bonchev–Trinajstić information content (AvgIpc) is 2.95. The summed E-state index contributed by atoms with van der Waals surface area (Å²) in [5.41, 5.74) is 2.75. The van der Waals surface area contributed by atoms with Gasteiger partial charge in [-0.25, -0.2) is 0 Å². The molecular weight excluding hydrogens is 244 g/mol. The summed E-state index contributed by atoms with van der Waals surface area (Å²) in [6.45, 7) is 4.44. The molecule has 1 unspecified atom stereocenters. The van der Waals surface area contributed by atoms with Crippen molar-refractivity contribution in [2.24, 2.45) is 0 Å². The highest BCUT2D eigenvalue weighted by Gasteiger charge is 2.28. The largest absolute Gasteiger partial charge is 0.392 e. The maximum Gasteiger partial charge on any atom is 0.244 e. The topological polar surface area (TPSA) is 84.1 Å². The van der Waals surface area contributed by atoms with Crippen LogP contribution in [0.25, 0.3) is 11.4 Å². The lowest BCUT2D eigenvalue weighted by molar-refractivity contribution is 0.191. The van der Waals surface area contributed by atoms with Crippen molar-refractivity contribution in [1.29, 1.82) is 0 Å². The number of pyridine rings is 1. The van der Waals surface area contributed by atoms with Crippen LogP contribution in [0.4, 0.5) is 0 Å². The second kappa shape index (κ2) is 4.71. The summed E-state index contributed by atoms with van der Waals surface area (Å²) in [5.74, 6) is 1.09. The minimum absolute atomic E-state index is 0.0553. The van der Waals surface area contributed by atoms with Crippen LogP contribution < -0.4 is 5.32 Å². The molecule has 3 heterocycles. The second-order valence-electron chi connectivity index (χ2n) is 4.95. The highest BCUT2D eigenvalue weighted by atomic mass is 16.5. The number of rotatable bonds is 2. The maximum absolute atomic E-state index is 9.50. The highest BCUT2D eigenvalue weighted by Crippen LogP contribution is 2.25. The summed E-state index contributed by atoms with van der Waals surface area (Å²) in [6.07, 6.45) is 0.265. The molecule has 6 nitrogen and oxygen atoms in total. The van der Waals surface area contributed by atoms with Crippen molar-refractivity contribution < 1.29 is 9.63 Å². The summed E-state index contributed by atoms with van der Waals surface area (Å²) in [4.78, 5) is 8.72. The van der Waals surface area contributed by atoms with Crippen molar-refractivity contribution in [3.8, 4) is 11.4 Å². The first-order valence-corrected chi connectivity index (χ1v) is 6.32. The summed E-state index contributed by atoms with van der Waals surface area (Å²) >= 11 is 0. The molecule has 1 aliphatic rings. The SMILES string of the molecule is Cc1cc(-c2noc([C@@H]3CC(O)CN3)n2)cc(C)n1. The van der Waals surface area contributed by atoms with E-state index in [-0.39, 0.29) is 12.1 Å². The van der Waals surface area contributed by atoms with Gasteiger partial charge in [-0.1, -0.05) is 5.16 Å². The van der Waals surface area contributed by atoms with Gasteiger partial charge in [-0.15, -0.1) is 0 Å². The molecule has 0 saturated carbocycles. The van der Waals surface area contributed by atoms with Gasteiger partial charge in [-0.3, -0.25) is 4.98 Å². The number of hydrogen-bond donors (Lipinski definition) is 2. The molecule has 1 aliphatic heterocycles. The fourth-order valence-electron chi connectivity index (χ4n) is 2.36. The molecule has 100 valence electrons. The van der Waals surface area contributed by atoms with Crippen LogP contribution in [-0.2, 0) is 0 Å². The number of hydrogen-bond acceptors (Lipinski definition) is 6. The fraction of sp³-hybridized carbons (Fsp3) is 0.462. The first kappa shape index (κ1) is 12.3. The van der Waals surface area contributed by atoms with Crippen LogP contribution in [0.3, 0.4) is 0 Å². The molecule has 2 N–H and O–H groups in total. The number of aryl methyl sites for hydroxylation is 2. The standard InChI is InChI=1S/C13H16N4O2/c1-7-3-9(4-8(2)15-7)12-16-13(19-17-12)11-5-10(18)6-14-11/h3-4,10-11,14,18H,5-6H2,1-2H3/t10?,11-/m0/s1. The molecule has 6 heteroatoms. The number of β-amino-alcohol motifs (C(OH)–C–C–N with tert-alkyl or cyclic N) is 1. The number of aromatic nitrogens is 3. The number of nitrogens with zero attached hydrogens (tertiary/aromatic N) is 3. The van der Waals surface area contributed by atoms with Crippen molar-refractivity contribution in [2.45, 2.75) is 32.4 Å². The van der Waals surface area contributed by atoms with Gasteiger partial charge in [0, 0.05) is 23.5 Å². The summed E-state index contributed by atoms with van der Waals surface area (Å²) in [6, 6.07) is 3.80. The van der Waals surface area contributed by atoms with Gasteiger partial charge >= 0.3 is 0 Å². The normalized spacial score (nSPS) is 22.9. The van der Waals surface area contributed by atoms with Crippen molar-refractivity contribution in [3.05, 3.63) is 29.4 Å². The average molecular weight is 260 g/mol. The molecule has 0 aromatic carbocycles. The van der Waals surface area contributed by atoms with Gasteiger partial charge in [-0.2, -0.15) is 4.98 Å². The van der Waals surface area contributed by atoms with Gasteiger partial charge in [0.2, 0.25) is 11.7 Å². The van der Waals surface area contributed by atoms with Gasteiger partial charge in [0.15, 0.2) is 0 Å². The van der Waals surface area contributed by atoms with Crippen molar-refractivity contribution in [2.75, 3.05) is 6.54 Å². The third kappa shape index (κ3) is 2.50. The molecule has 0 spiro atoms. The lowest BCUT2D eigenvalue weighted by Crippen LogP contribution is -2.15. The van der Waals surface area contributed by atoms with E-state index in [1.807, 2.05) is 26.0 Å². The molecule has 3 rings (SSSR count). The molecule has 2 aromatic rings. The first-order chi connectivity index (χ1) is 9.11. The Labute approximate surface area is 110 Å². The van der Waals surface area contributed by atoms with Gasteiger partial charge in [0.1, 0.15) is 0 Å². The zero-order valence-electron chi connectivity index (χ0n) is 10.9. The van der Waals surface area contributed by atoms with Crippen LogP contribution in [0.2, 0.25) is 0 Å². The number of aliphatic hydroxyl groups excluding tert-OH is 1. The van der Waals surface area contributed by atoms with E-state index < -0.39 is 0 Å². The molecule has 0 radical (unpaired) electrons. The minimum Gasteiger partial charge on any atom is -0.392 e. The lowest BCUT2D eigenvalue weighted by atomic mass is 10.2. The minimum atomic E-state index is -0.342. The van der Waals surface area contributed by atoms with Gasteiger partial charge in [0.25, 0.3) is 0 Å². The Morgan fingerprint density at radius 3 is 2.63 bits per heavy atom. The Hall–Kier alpha value is -1.79. The summed E-state index contributed by atoms with van der Waals surface area (Å²) in [5, 5.41) is 16.7. The van der Waals surface area contributed by atoms with E-state index in [1.54, 1.807) is 0 Å². The van der Waals surface area contributed by atoms with Crippen molar-refractivity contribution in [3.63, 3.8) is 0 Å². The van der Waals surface area contributed by atoms with Gasteiger partial charge in [0.05, 0.1) is 12.1 Å². The Morgan fingerprint density at radius 1 is 1.26 bits per heavy atom. The Morgan fingerprint density at radius 2 is 2.00 bits per heavy atom. The monoisotopic (exact) mass is 260 g/mol.